The fourth-order valence-corrected chi connectivity index (χ4v) is 4.59. The third-order valence-electron chi connectivity index (χ3n) is 3.18. The van der Waals surface area contributed by atoms with Crippen molar-refractivity contribution in [3.8, 4) is 16.2 Å². The van der Waals surface area contributed by atoms with E-state index in [1.54, 1.807) is 18.4 Å². The lowest BCUT2D eigenvalue weighted by atomic mass is 10.0. The quantitative estimate of drug-likeness (QED) is 0.700. The van der Waals surface area contributed by atoms with Gasteiger partial charge in [0.25, 0.3) is 0 Å². The minimum atomic E-state index is 0.0878. The Hall–Kier alpha value is -0.360. The van der Waals surface area contributed by atoms with Crippen molar-refractivity contribution in [3.05, 3.63) is 38.1 Å². The van der Waals surface area contributed by atoms with Crippen LogP contribution in [0.25, 0.3) is 10.4 Å². The van der Waals surface area contributed by atoms with Crippen LogP contribution in [0.1, 0.15) is 24.8 Å². The van der Waals surface area contributed by atoms with Gasteiger partial charge < -0.3 is 10.5 Å². The zero-order chi connectivity index (χ0) is 14.9. The number of methoxy groups -OCH3 is 1. The van der Waals surface area contributed by atoms with E-state index < -0.39 is 0 Å². The van der Waals surface area contributed by atoms with Gasteiger partial charge in [0, 0.05) is 25.8 Å². The van der Waals surface area contributed by atoms with Crippen molar-refractivity contribution in [3.63, 3.8) is 0 Å². The van der Waals surface area contributed by atoms with E-state index in [9.17, 15) is 0 Å². The predicted octanol–water partition coefficient (Wildman–Crippen LogP) is 5.60. The van der Waals surface area contributed by atoms with Crippen LogP contribution in [-0.4, -0.2) is 7.11 Å². The highest BCUT2D eigenvalue weighted by molar-refractivity contribution is 9.11. The van der Waals surface area contributed by atoms with Crippen molar-refractivity contribution < 1.29 is 4.74 Å². The molecule has 5 heteroatoms. The highest BCUT2D eigenvalue weighted by Crippen LogP contribution is 2.41. The van der Waals surface area contributed by atoms with Crippen LogP contribution in [0.3, 0.4) is 0 Å². The molecule has 1 aromatic carbocycles. The Morgan fingerprint density at radius 3 is 2.45 bits per heavy atom. The largest absolute Gasteiger partial charge is 0.496 e. The van der Waals surface area contributed by atoms with Gasteiger partial charge in [-0.05, 0) is 46.1 Å². The van der Waals surface area contributed by atoms with Crippen LogP contribution < -0.4 is 10.5 Å². The van der Waals surface area contributed by atoms with Crippen LogP contribution in [0.5, 0.6) is 5.75 Å². The van der Waals surface area contributed by atoms with E-state index in [4.69, 9.17) is 10.5 Å². The summed E-state index contributed by atoms with van der Waals surface area (Å²) < 4.78 is 7.34. The number of ether oxygens (including phenoxy) is 1. The minimum Gasteiger partial charge on any atom is -0.496 e. The molecule has 1 heterocycles. The molecule has 1 aromatic heterocycles. The summed E-state index contributed by atoms with van der Waals surface area (Å²) in [6.45, 7) is 4.28. The number of rotatable bonds is 4. The molecule has 0 aliphatic carbocycles. The summed E-state index contributed by atoms with van der Waals surface area (Å²) in [6.07, 6.45) is 0. The van der Waals surface area contributed by atoms with Crippen molar-refractivity contribution in [2.45, 2.75) is 19.9 Å². The van der Waals surface area contributed by atoms with Crippen molar-refractivity contribution >= 4 is 43.2 Å². The van der Waals surface area contributed by atoms with Gasteiger partial charge in [0.1, 0.15) is 5.75 Å². The molecular weight excluding hydrogens is 402 g/mol. The Morgan fingerprint density at radius 2 is 1.85 bits per heavy atom. The highest BCUT2D eigenvalue weighted by Gasteiger charge is 2.16. The standard InChI is InChI=1S/C15H17Br2NOS/c1-8(2)15(18)14-5-4-13(20-14)9-6-12(19-3)11(17)7-10(9)16/h4-8,15H,18H2,1-3H3. The van der Waals surface area contributed by atoms with Crippen molar-refractivity contribution in [2.75, 3.05) is 7.11 Å². The van der Waals surface area contributed by atoms with Gasteiger partial charge in [-0.25, -0.2) is 0 Å². The molecule has 108 valence electrons. The van der Waals surface area contributed by atoms with Crippen LogP contribution >= 0.6 is 43.2 Å². The molecule has 1 atom stereocenters. The number of halogens is 2. The molecule has 2 rings (SSSR count). The van der Waals surface area contributed by atoms with E-state index in [2.05, 4.69) is 57.8 Å². The van der Waals surface area contributed by atoms with E-state index in [1.165, 1.54) is 9.75 Å². The van der Waals surface area contributed by atoms with Crippen LogP contribution in [0.4, 0.5) is 0 Å². The molecule has 0 aliphatic heterocycles. The van der Waals surface area contributed by atoms with E-state index in [-0.39, 0.29) is 6.04 Å². The molecule has 20 heavy (non-hydrogen) atoms. The number of nitrogens with two attached hydrogens (primary N) is 1. The van der Waals surface area contributed by atoms with E-state index in [0.717, 1.165) is 20.3 Å². The summed E-state index contributed by atoms with van der Waals surface area (Å²) in [7, 11) is 1.67. The average Bonchev–Trinajstić information content (AvgIpc) is 2.87. The zero-order valence-electron chi connectivity index (χ0n) is 11.6. The number of hydrogen-bond donors (Lipinski definition) is 1. The second-order valence-corrected chi connectivity index (χ2v) is 7.76. The molecule has 0 aliphatic rings. The number of benzene rings is 1. The predicted molar refractivity (Wildman–Crippen MR) is 93.5 cm³/mol. The Kier molecular flexibility index (Phi) is 5.29. The van der Waals surface area contributed by atoms with Crippen LogP contribution in [-0.2, 0) is 0 Å². The molecule has 0 radical (unpaired) electrons. The van der Waals surface area contributed by atoms with Gasteiger partial charge in [0.05, 0.1) is 11.6 Å². The van der Waals surface area contributed by atoms with Gasteiger partial charge >= 0.3 is 0 Å². The molecule has 0 bridgehead atoms. The fourth-order valence-electron chi connectivity index (χ4n) is 1.88. The summed E-state index contributed by atoms with van der Waals surface area (Å²) in [5, 5.41) is 0. The SMILES string of the molecule is COc1cc(-c2ccc(C(N)C(C)C)s2)c(Br)cc1Br. The van der Waals surface area contributed by atoms with Crippen molar-refractivity contribution in [1.29, 1.82) is 0 Å². The van der Waals surface area contributed by atoms with Crippen LogP contribution in [0.2, 0.25) is 0 Å². The van der Waals surface area contributed by atoms with Crippen molar-refractivity contribution in [2.24, 2.45) is 11.7 Å². The topological polar surface area (TPSA) is 35.2 Å². The first-order valence-corrected chi connectivity index (χ1v) is 8.73. The average molecular weight is 419 g/mol. The van der Waals surface area contributed by atoms with Gasteiger partial charge in [-0.15, -0.1) is 11.3 Å². The first-order valence-electron chi connectivity index (χ1n) is 6.32. The highest BCUT2D eigenvalue weighted by atomic mass is 79.9. The van der Waals surface area contributed by atoms with Crippen LogP contribution in [0, 0.1) is 5.92 Å². The minimum absolute atomic E-state index is 0.0878. The molecule has 2 aromatic rings. The Balaban J connectivity index is 2.42. The molecule has 0 fully saturated rings. The summed E-state index contributed by atoms with van der Waals surface area (Å²) in [4.78, 5) is 2.40. The Labute approximate surface area is 140 Å². The van der Waals surface area contributed by atoms with E-state index in [0.29, 0.717) is 5.92 Å². The lowest BCUT2D eigenvalue weighted by Crippen LogP contribution is -2.14. The third kappa shape index (κ3) is 3.27. The maximum atomic E-state index is 6.21. The van der Waals surface area contributed by atoms with Crippen LogP contribution in [0.15, 0.2) is 33.2 Å². The van der Waals surface area contributed by atoms with Gasteiger partial charge in [-0.1, -0.05) is 29.8 Å². The first-order chi connectivity index (χ1) is 9.43. The van der Waals surface area contributed by atoms with Gasteiger partial charge in [0.15, 0.2) is 0 Å². The van der Waals surface area contributed by atoms with Crippen molar-refractivity contribution in [1.82, 2.24) is 0 Å². The Morgan fingerprint density at radius 1 is 1.15 bits per heavy atom. The lowest BCUT2D eigenvalue weighted by Gasteiger charge is -2.13. The van der Waals surface area contributed by atoms with E-state index >= 15 is 0 Å². The summed E-state index contributed by atoms with van der Waals surface area (Å²) in [5.74, 6) is 1.26. The normalized spacial score (nSPS) is 12.8. The molecule has 2 nitrogen and oxygen atoms in total. The molecule has 0 saturated heterocycles. The second kappa shape index (κ2) is 6.60. The summed E-state index contributed by atoms with van der Waals surface area (Å²) >= 11 is 8.84. The smallest absolute Gasteiger partial charge is 0.133 e. The molecule has 0 spiro atoms. The van der Waals surface area contributed by atoms with Gasteiger partial charge in [0.2, 0.25) is 0 Å². The van der Waals surface area contributed by atoms with E-state index in [1.807, 2.05) is 12.1 Å². The third-order valence-corrected chi connectivity index (χ3v) is 5.68. The zero-order valence-corrected chi connectivity index (χ0v) is 15.6. The monoisotopic (exact) mass is 417 g/mol. The molecule has 1 unspecified atom stereocenters. The summed E-state index contributed by atoms with van der Waals surface area (Å²) in [5.41, 5.74) is 7.34. The lowest BCUT2D eigenvalue weighted by molar-refractivity contribution is 0.412. The second-order valence-electron chi connectivity index (χ2n) is 4.94. The van der Waals surface area contributed by atoms with Gasteiger partial charge in [-0.2, -0.15) is 0 Å². The molecule has 2 N–H and O–H groups in total. The Bertz CT molecular complexity index is 610. The number of thiophene rings is 1. The molecular formula is C15H17Br2NOS. The fraction of sp³-hybridized carbons (Fsp3) is 0.333. The maximum absolute atomic E-state index is 6.21. The maximum Gasteiger partial charge on any atom is 0.133 e. The summed E-state index contributed by atoms with van der Waals surface area (Å²) in [6, 6.07) is 8.37. The number of hydrogen-bond acceptors (Lipinski definition) is 3. The first kappa shape index (κ1) is 16.0. The van der Waals surface area contributed by atoms with Gasteiger partial charge in [-0.3, -0.25) is 0 Å². The molecule has 0 amide bonds. The molecule has 0 saturated carbocycles.